The van der Waals surface area contributed by atoms with Gasteiger partial charge in [-0.05, 0) is 75.4 Å². The van der Waals surface area contributed by atoms with Crippen LogP contribution in [0.25, 0.3) is 0 Å². The van der Waals surface area contributed by atoms with E-state index in [-0.39, 0.29) is 0 Å². The fourth-order valence-corrected chi connectivity index (χ4v) is 3.29. The number of rotatable bonds is 7. The van der Waals surface area contributed by atoms with Gasteiger partial charge < -0.3 is 10.1 Å². The van der Waals surface area contributed by atoms with Gasteiger partial charge in [0.2, 0.25) is 0 Å². The summed E-state index contributed by atoms with van der Waals surface area (Å²) in [6, 6.07) is 9.48. The molecular formula is C19H30N2O. The molecule has 1 heterocycles. The van der Waals surface area contributed by atoms with E-state index in [4.69, 9.17) is 4.74 Å². The van der Waals surface area contributed by atoms with E-state index in [9.17, 15) is 0 Å². The Kier molecular flexibility index (Phi) is 5.74. The Labute approximate surface area is 135 Å². The number of nitrogens with one attached hydrogen (secondary N) is 1. The van der Waals surface area contributed by atoms with Crippen molar-refractivity contribution in [2.75, 3.05) is 26.2 Å². The smallest absolute Gasteiger partial charge is 0.119 e. The molecule has 22 heavy (non-hydrogen) atoms. The predicted molar refractivity (Wildman–Crippen MR) is 91.3 cm³/mol. The molecule has 1 saturated heterocycles. The lowest BCUT2D eigenvalue weighted by atomic mass is 10.1. The highest BCUT2D eigenvalue weighted by atomic mass is 16.5. The summed E-state index contributed by atoms with van der Waals surface area (Å²) in [5.74, 6) is 1.84. The third-order valence-electron chi connectivity index (χ3n) is 4.96. The van der Waals surface area contributed by atoms with Crippen molar-refractivity contribution in [3.05, 3.63) is 29.8 Å². The maximum absolute atomic E-state index is 5.83. The first kappa shape index (κ1) is 15.8. The van der Waals surface area contributed by atoms with Crippen molar-refractivity contribution < 1.29 is 4.74 Å². The molecule has 3 rings (SSSR count). The second-order valence-corrected chi connectivity index (χ2v) is 6.80. The van der Waals surface area contributed by atoms with E-state index in [2.05, 4.69) is 41.4 Å². The summed E-state index contributed by atoms with van der Waals surface area (Å²) >= 11 is 0. The summed E-state index contributed by atoms with van der Waals surface area (Å²) in [5.41, 5.74) is 1.40. The van der Waals surface area contributed by atoms with Gasteiger partial charge in [-0.2, -0.15) is 0 Å². The summed E-state index contributed by atoms with van der Waals surface area (Å²) in [7, 11) is 0. The summed E-state index contributed by atoms with van der Waals surface area (Å²) in [6.45, 7) is 7.71. The van der Waals surface area contributed by atoms with Crippen LogP contribution in [-0.2, 0) is 6.54 Å². The predicted octanol–water partition coefficient (Wildman–Crippen LogP) is 3.44. The van der Waals surface area contributed by atoms with Gasteiger partial charge >= 0.3 is 0 Å². The molecule has 0 bridgehead atoms. The molecule has 0 spiro atoms. The number of nitrogens with zero attached hydrogens (tertiary/aromatic N) is 1. The summed E-state index contributed by atoms with van der Waals surface area (Å²) in [6.07, 6.45) is 6.59. The van der Waals surface area contributed by atoms with E-state index in [0.717, 1.165) is 44.0 Å². The van der Waals surface area contributed by atoms with Crippen LogP contribution < -0.4 is 10.1 Å². The van der Waals surface area contributed by atoms with Gasteiger partial charge in [0.15, 0.2) is 0 Å². The Morgan fingerprint density at radius 1 is 1.09 bits per heavy atom. The van der Waals surface area contributed by atoms with Crippen molar-refractivity contribution in [2.45, 2.75) is 51.6 Å². The van der Waals surface area contributed by atoms with Crippen molar-refractivity contribution in [3.63, 3.8) is 0 Å². The lowest BCUT2D eigenvalue weighted by Crippen LogP contribution is -2.35. The Hall–Kier alpha value is -1.06. The first-order valence-electron chi connectivity index (χ1n) is 9.01. The highest BCUT2D eigenvalue weighted by molar-refractivity contribution is 5.27. The van der Waals surface area contributed by atoms with Crippen LogP contribution in [-0.4, -0.2) is 37.2 Å². The Bertz CT molecular complexity index is 433. The van der Waals surface area contributed by atoms with Gasteiger partial charge in [-0.3, -0.25) is 4.90 Å². The average molecular weight is 302 g/mol. The van der Waals surface area contributed by atoms with Crippen LogP contribution in [0.3, 0.4) is 0 Å². The van der Waals surface area contributed by atoms with Gasteiger partial charge in [-0.15, -0.1) is 0 Å². The third-order valence-corrected chi connectivity index (χ3v) is 4.96. The number of ether oxygens (including phenoxy) is 1. The van der Waals surface area contributed by atoms with Crippen LogP contribution in [0.15, 0.2) is 24.3 Å². The molecule has 0 amide bonds. The SMILES string of the molecule is CCN(Cc1ccc(OCC2CC2)cc1)C1CCCNCC1. The quantitative estimate of drug-likeness (QED) is 0.835. The molecule has 1 unspecified atom stereocenters. The largest absolute Gasteiger partial charge is 0.493 e. The van der Waals surface area contributed by atoms with Crippen LogP contribution >= 0.6 is 0 Å². The van der Waals surface area contributed by atoms with E-state index in [1.165, 1.54) is 44.2 Å². The zero-order valence-corrected chi connectivity index (χ0v) is 13.9. The fraction of sp³-hybridized carbons (Fsp3) is 0.684. The van der Waals surface area contributed by atoms with Crippen molar-refractivity contribution in [1.82, 2.24) is 10.2 Å². The van der Waals surface area contributed by atoms with Gasteiger partial charge in [0.1, 0.15) is 5.75 Å². The van der Waals surface area contributed by atoms with E-state index in [1.807, 2.05) is 0 Å². The minimum atomic E-state index is 0.728. The molecule has 1 saturated carbocycles. The third kappa shape index (κ3) is 4.72. The van der Waals surface area contributed by atoms with Crippen LogP contribution in [0.2, 0.25) is 0 Å². The molecule has 1 aromatic carbocycles. The molecule has 122 valence electrons. The van der Waals surface area contributed by atoms with E-state index in [0.29, 0.717) is 0 Å². The zero-order valence-electron chi connectivity index (χ0n) is 13.9. The maximum atomic E-state index is 5.83. The second-order valence-electron chi connectivity index (χ2n) is 6.80. The highest BCUT2D eigenvalue weighted by Crippen LogP contribution is 2.29. The van der Waals surface area contributed by atoms with Gasteiger partial charge in [0.25, 0.3) is 0 Å². The summed E-state index contributed by atoms with van der Waals surface area (Å²) in [4.78, 5) is 2.63. The van der Waals surface area contributed by atoms with Gasteiger partial charge in [0, 0.05) is 12.6 Å². The van der Waals surface area contributed by atoms with Gasteiger partial charge in [-0.1, -0.05) is 19.1 Å². The van der Waals surface area contributed by atoms with Crippen molar-refractivity contribution in [2.24, 2.45) is 5.92 Å². The zero-order chi connectivity index (χ0) is 15.2. The maximum Gasteiger partial charge on any atom is 0.119 e. The first-order valence-corrected chi connectivity index (χ1v) is 9.01. The van der Waals surface area contributed by atoms with Crippen molar-refractivity contribution in [3.8, 4) is 5.75 Å². The molecule has 1 aromatic rings. The minimum absolute atomic E-state index is 0.728. The Balaban J connectivity index is 1.52. The molecule has 1 aliphatic carbocycles. The van der Waals surface area contributed by atoms with Crippen molar-refractivity contribution >= 4 is 0 Å². The molecule has 0 aromatic heterocycles. The van der Waals surface area contributed by atoms with Crippen LogP contribution in [0.1, 0.15) is 44.6 Å². The molecule has 1 N–H and O–H groups in total. The molecule has 1 aliphatic heterocycles. The summed E-state index contributed by atoms with van der Waals surface area (Å²) in [5, 5.41) is 3.51. The minimum Gasteiger partial charge on any atom is -0.493 e. The monoisotopic (exact) mass is 302 g/mol. The standard InChI is InChI=1S/C19H30N2O/c1-2-21(18-4-3-12-20-13-11-18)14-16-7-9-19(10-8-16)22-15-17-5-6-17/h7-10,17-18,20H,2-6,11-15H2,1H3. The van der Waals surface area contributed by atoms with Gasteiger partial charge in [0.05, 0.1) is 6.61 Å². The molecule has 3 nitrogen and oxygen atoms in total. The van der Waals surface area contributed by atoms with Crippen molar-refractivity contribution in [1.29, 1.82) is 0 Å². The number of hydrogen-bond donors (Lipinski definition) is 1. The Morgan fingerprint density at radius 3 is 2.64 bits per heavy atom. The molecule has 2 aliphatic rings. The first-order chi connectivity index (χ1) is 10.8. The average Bonchev–Trinajstić information content (AvgIpc) is 3.38. The van der Waals surface area contributed by atoms with E-state index < -0.39 is 0 Å². The lowest BCUT2D eigenvalue weighted by molar-refractivity contribution is 0.182. The number of benzene rings is 1. The van der Waals surface area contributed by atoms with Crippen LogP contribution in [0.5, 0.6) is 5.75 Å². The van der Waals surface area contributed by atoms with E-state index in [1.54, 1.807) is 0 Å². The summed E-state index contributed by atoms with van der Waals surface area (Å²) < 4.78 is 5.83. The fourth-order valence-electron chi connectivity index (χ4n) is 3.29. The molecule has 0 radical (unpaired) electrons. The van der Waals surface area contributed by atoms with Crippen LogP contribution in [0.4, 0.5) is 0 Å². The lowest BCUT2D eigenvalue weighted by Gasteiger charge is -2.30. The Morgan fingerprint density at radius 2 is 1.91 bits per heavy atom. The molecule has 1 atom stereocenters. The topological polar surface area (TPSA) is 24.5 Å². The highest BCUT2D eigenvalue weighted by Gasteiger charge is 2.22. The second kappa shape index (κ2) is 7.98. The normalized spacial score (nSPS) is 22.5. The molecule has 2 fully saturated rings. The molecular weight excluding hydrogens is 272 g/mol. The van der Waals surface area contributed by atoms with E-state index >= 15 is 0 Å². The number of hydrogen-bond acceptors (Lipinski definition) is 3. The van der Waals surface area contributed by atoms with Gasteiger partial charge in [-0.25, -0.2) is 0 Å². The molecule has 3 heteroatoms. The van der Waals surface area contributed by atoms with Crippen LogP contribution in [0, 0.1) is 5.92 Å².